The Morgan fingerprint density at radius 3 is 2.62 bits per heavy atom. The largest absolute Gasteiger partial charge is 0.418 e. The highest BCUT2D eigenvalue weighted by Crippen LogP contribution is 2.33. The van der Waals surface area contributed by atoms with Crippen LogP contribution in [-0.4, -0.2) is 51.8 Å². The van der Waals surface area contributed by atoms with Crippen molar-refractivity contribution in [2.24, 2.45) is 0 Å². The Hall–Kier alpha value is -3.21. The van der Waals surface area contributed by atoms with Crippen molar-refractivity contribution in [3.63, 3.8) is 0 Å². The molecule has 0 bridgehead atoms. The molecular formula is C21H20F3N5O2S. The summed E-state index contributed by atoms with van der Waals surface area (Å²) in [6.07, 6.45) is -2.23. The molecule has 2 aromatic heterocycles. The molecule has 3 heterocycles. The lowest BCUT2D eigenvalue weighted by Crippen LogP contribution is -2.39. The van der Waals surface area contributed by atoms with E-state index in [4.69, 9.17) is 0 Å². The molecule has 0 aliphatic carbocycles. The van der Waals surface area contributed by atoms with E-state index in [2.05, 4.69) is 15.0 Å². The molecule has 11 heteroatoms. The number of hydrogen-bond acceptors (Lipinski definition) is 6. The van der Waals surface area contributed by atoms with Crippen molar-refractivity contribution < 1.29 is 18.0 Å². The number of anilines is 1. The normalized spacial score (nSPS) is 15.0. The zero-order valence-electron chi connectivity index (χ0n) is 17.2. The van der Waals surface area contributed by atoms with Crippen LogP contribution in [0.2, 0.25) is 0 Å². The first kappa shape index (κ1) is 22.0. The number of carbonyl (C=O) groups excluding carboxylic acids is 1. The summed E-state index contributed by atoms with van der Waals surface area (Å²) in [6, 6.07) is 6.08. The summed E-state index contributed by atoms with van der Waals surface area (Å²) < 4.78 is 41.5. The van der Waals surface area contributed by atoms with Crippen molar-refractivity contribution >= 4 is 22.4 Å². The van der Waals surface area contributed by atoms with E-state index in [1.165, 1.54) is 41.4 Å². The Morgan fingerprint density at radius 1 is 1.12 bits per heavy atom. The van der Waals surface area contributed by atoms with Gasteiger partial charge in [0.25, 0.3) is 5.91 Å². The summed E-state index contributed by atoms with van der Waals surface area (Å²) in [7, 11) is 0. The van der Waals surface area contributed by atoms with Gasteiger partial charge in [0.2, 0.25) is 5.43 Å². The van der Waals surface area contributed by atoms with Gasteiger partial charge in [0.05, 0.1) is 11.3 Å². The zero-order chi connectivity index (χ0) is 22.9. The third-order valence-electron chi connectivity index (χ3n) is 5.22. The first-order valence-corrected chi connectivity index (χ1v) is 10.8. The van der Waals surface area contributed by atoms with Gasteiger partial charge in [0.1, 0.15) is 0 Å². The van der Waals surface area contributed by atoms with Gasteiger partial charge >= 0.3 is 6.18 Å². The predicted molar refractivity (Wildman–Crippen MR) is 114 cm³/mol. The standard InChI is InChI=1S/C21H20F3N5O2S/c1-14-13-17(30)18(26-29(14)16-6-3-2-5-15(16)21(22,23)24)19(31)27-8-4-9-28(11-10-27)20-25-7-12-32-20/h2-3,5-7,12-13H,4,8-11H2,1H3. The number of benzene rings is 1. The minimum atomic E-state index is -4.61. The van der Waals surface area contributed by atoms with Crippen molar-refractivity contribution in [2.45, 2.75) is 19.5 Å². The number of aromatic nitrogens is 3. The molecule has 1 aromatic carbocycles. The smallest absolute Gasteiger partial charge is 0.346 e. The quantitative estimate of drug-likeness (QED) is 0.596. The number of nitrogens with zero attached hydrogens (tertiary/aromatic N) is 5. The second-order valence-corrected chi connectivity index (χ2v) is 8.25. The van der Waals surface area contributed by atoms with Crippen molar-refractivity contribution in [3.05, 3.63) is 69.1 Å². The van der Waals surface area contributed by atoms with Gasteiger partial charge in [-0.1, -0.05) is 12.1 Å². The Morgan fingerprint density at radius 2 is 1.91 bits per heavy atom. The van der Waals surface area contributed by atoms with Crippen molar-refractivity contribution in [1.82, 2.24) is 19.7 Å². The predicted octanol–water partition coefficient (Wildman–Crippen LogP) is 3.37. The zero-order valence-corrected chi connectivity index (χ0v) is 18.0. The Bertz CT molecular complexity index is 1180. The first-order valence-electron chi connectivity index (χ1n) is 9.97. The molecule has 0 atom stereocenters. The molecular weight excluding hydrogens is 443 g/mol. The van der Waals surface area contributed by atoms with E-state index in [0.717, 1.165) is 21.9 Å². The lowest BCUT2D eigenvalue weighted by Gasteiger charge is -2.22. The maximum absolute atomic E-state index is 13.5. The number of carbonyl (C=O) groups is 1. The van der Waals surface area contributed by atoms with Crippen molar-refractivity contribution in [2.75, 3.05) is 31.1 Å². The molecule has 4 rings (SSSR count). The molecule has 0 unspecified atom stereocenters. The number of amides is 1. The molecule has 7 nitrogen and oxygen atoms in total. The van der Waals surface area contributed by atoms with Gasteiger partial charge in [-0.25, -0.2) is 9.67 Å². The van der Waals surface area contributed by atoms with E-state index in [1.807, 2.05) is 5.38 Å². The summed E-state index contributed by atoms with van der Waals surface area (Å²) in [4.78, 5) is 33.6. The summed E-state index contributed by atoms with van der Waals surface area (Å²) in [5, 5.41) is 6.82. The average molecular weight is 463 g/mol. The van der Waals surface area contributed by atoms with Gasteiger partial charge in [-0.05, 0) is 25.5 Å². The van der Waals surface area contributed by atoms with Crippen LogP contribution >= 0.6 is 11.3 Å². The van der Waals surface area contributed by atoms with Gasteiger partial charge < -0.3 is 9.80 Å². The molecule has 0 N–H and O–H groups in total. The van der Waals surface area contributed by atoms with E-state index in [0.29, 0.717) is 32.6 Å². The maximum Gasteiger partial charge on any atom is 0.418 e. The fourth-order valence-corrected chi connectivity index (χ4v) is 4.37. The van der Waals surface area contributed by atoms with Crippen LogP contribution < -0.4 is 10.3 Å². The molecule has 168 valence electrons. The molecule has 0 spiro atoms. The summed E-state index contributed by atoms with van der Waals surface area (Å²) in [6.45, 7) is 3.49. The third kappa shape index (κ3) is 4.38. The summed E-state index contributed by atoms with van der Waals surface area (Å²) in [5.41, 5.74) is -1.94. The molecule has 3 aromatic rings. The highest BCUT2D eigenvalue weighted by Gasteiger charge is 2.34. The van der Waals surface area contributed by atoms with E-state index in [-0.39, 0.29) is 11.4 Å². The second-order valence-electron chi connectivity index (χ2n) is 7.37. The van der Waals surface area contributed by atoms with Crippen LogP contribution in [0.15, 0.2) is 46.7 Å². The number of halogens is 3. The number of rotatable bonds is 3. The highest BCUT2D eigenvalue weighted by atomic mass is 32.1. The topological polar surface area (TPSA) is 71.3 Å². The van der Waals surface area contributed by atoms with Crippen LogP contribution in [0.4, 0.5) is 18.3 Å². The fourth-order valence-electron chi connectivity index (χ4n) is 3.67. The molecule has 1 fully saturated rings. The lowest BCUT2D eigenvalue weighted by molar-refractivity contribution is -0.137. The van der Waals surface area contributed by atoms with Crippen LogP contribution in [0, 0.1) is 6.92 Å². The molecule has 1 aliphatic rings. The van der Waals surface area contributed by atoms with E-state index < -0.39 is 28.8 Å². The second kappa shape index (κ2) is 8.73. The molecule has 1 amide bonds. The molecule has 1 aliphatic heterocycles. The van der Waals surface area contributed by atoms with Crippen LogP contribution in [0.5, 0.6) is 0 Å². The minimum absolute atomic E-state index is 0.203. The Kier molecular flexibility index (Phi) is 6.00. The SMILES string of the molecule is Cc1cc(=O)c(C(=O)N2CCCN(c3nccs3)CC2)nn1-c1ccccc1C(F)(F)F. The number of aryl methyl sites for hydroxylation is 1. The van der Waals surface area contributed by atoms with E-state index in [1.54, 1.807) is 6.20 Å². The van der Waals surface area contributed by atoms with Crippen LogP contribution in [0.1, 0.15) is 28.2 Å². The van der Waals surface area contributed by atoms with Gasteiger partial charge in [0, 0.05) is 49.5 Å². The Labute approximate surface area is 185 Å². The monoisotopic (exact) mass is 463 g/mol. The fraction of sp³-hybridized carbons (Fsp3) is 0.333. The molecule has 1 saturated heterocycles. The molecule has 0 radical (unpaired) electrons. The van der Waals surface area contributed by atoms with Crippen molar-refractivity contribution in [3.8, 4) is 5.69 Å². The molecule has 32 heavy (non-hydrogen) atoms. The number of thiazole rings is 1. The maximum atomic E-state index is 13.5. The minimum Gasteiger partial charge on any atom is -0.346 e. The average Bonchev–Trinajstić information content (AvgIpc) is 3.17. The summed E-state index contributed by atoms with van der Waals surface area (Å²) >= 11 is 1.51. The van der Waals surface area contributed by atoms with Crippen LogP contribution in [-0.2, 0) is 6.18 Å². The van der Waals surface area contributed by atoms with Crippen LogP contribution in [0.3, 0.4) is 0 Å². The van der Waals surface area contributed by atoms with Gasteiger partial charge in [-0.3, -0.25) is 9.59 Å². The van der Waals surface area contributed by atoms with Gasteiger partial charge in [-0.15, -0.1) is 11.3 Å². The first-order chi connectivity index (χ1) is 15.3. The summed E-state index contributed by atoms with van der Waals surface area (Å²) in [5.74, 6) is -0.589. The van der Waals surface area contributed by atoms with Crippen molar-refractivity contribution in [1.29, 1.82) is 0 Å². The highest BCUT2D eigenvalue weighted by molar-refractivity contribution is 7.13. The van der Waals surface area contributed by atoms with Gasteiger partial charge in [0.15, 0.2) is 10.8 Å². The van der Waals surface area contributed by atoms with E-state index in [9.17, 15) is 22.8 Å². The number of alkyl halides is 3. The van der Waals surface area contributed by atoms with Crippen LogP contribution in [0.25, 0.3) is 5.69 Å². The third-order valence-corrected chi connectivity index (χ3v) is 6.05. The lowest BCUT2D eigenvalue weighted by atomic mass is 10.1. The Balaban J connectivity index is 1.65. The molecule has 0 saturated carbocycles. The number of hydrogen-bond donors (Lipinski definition) is 0. The van der Waals surface area contributed by atoms with Gasteiger partial charge in [-0.2, -0.15) is 18.3 Å². The van der Waals surface area contributed by atoms with E-state index >= 15 is 0 Å². The number of para-hydroxylation sites is 1.